The van der Waals surface area contributed by atoms with Crippen molar-refractivity contribution in [2.75, 3.05) is 13.1 Å². The summed E-state index contributed by atoms with van der Waals surface area (Å²) < 4.78 is 0. The third-order valence-corrected chi connectivity index (χ3v) is 3.59. The normalized spacial score (nSPS) is 18.5. The Kier molecular flexibility index (Phi) is 4.18. The van der Waals surface area contributed by atoms with E-state index in [0.29, 0.717) is 0 Å². The molecule has 0 bridgehead atoms. The van der Waals surface area contributed by atoms with Gasteiger partial charge in [0.2, 0.25) is 5.91 Å². The van der Waals surface area contributed by atoms with Crippen LogP contribution in [0.1, 0.15) is 44.1 Å². The number of carbonyl (C=O) groups is 1. The number of carbonyl (C=O) groups excluding carboxylic acids is 1. The number of benzene rings is 1. The minimum atomic E-state index is -0.00528. The van der Waals surface area contributed by atoms with Gasteiger partial charge in [0.25, 0.3) is 0 Å². The highest BCUT2D eigenvalue weighted by Gasteiger charge is 2.22. The number of amides is 1. The molecular formula is C15H21NO. The van der Waals surface area contributed by atoms with E-state index in [1.807, 2.05) is 42.2 Å². The Balaban J connectivity index is 2.03. The van der Waals surface area contributed by atoms with Gasteiger partial charge in [0.1, 0.15) is 0 Å². The van der Waals surface area contributed by atoms with Crippen molar-refractivity contribution < 1.29 is 4.79 Å². The SMILES string of the molecule is CC(C(=O)N1CCCCCC1)c1ccccc1. The van der Waals surface area contributed by atoms with Crippen LogP contribution in [0.25, 0.3) is 0 Å². The van der Waals surface area contributed by atoms with Crippen LogP contribution in [-0.2, 0) is 4.79 Å². The minimum absolute atomic E-state index is 0.00528. The molecule has 0 aliphatic carbocycles. The second-order valence-corrected chi connectivity index (χ2v) is 4.87. The van der Waals surface area contributed by atoms with Crippen molar-refractivity contribution in [2.24, 2.45) is 0 Å². The summed E-state index contributed by atoms with van der Waals surface area (Å²) in [5, 5.41) is 0. The molecule has 1 saturated heterocycles. The number of hydrogen-bond acceptors (Lipinski definition) is 1. The van der Waals surface area contributed by atoms with Crippen molar-refractivity contribution in [3.8, 4) is 0 Å². The van der Waals surface area contributed by atoms with Crippen molar-refractivity contribution in [3.05, 3.63) is 35.9 Å². The number of nitrogens with zero attached hydrogens (tertiary/aromatic N) is 1. The first kappa shape index (κ1) is 12.2. The molecular weight excluding hydrogens is 210 g/mol. The van der Waals surface area contributed by atoms with Gasteiger partial charge < -0.3 is 4.90 Å². The first-order valence-electron chi connectivity index (χ1n) is 6.63. The molecule has 0 radical (unpaired) electrons. The smallest absolute Gasteiger partial charge is 0.229 e. The van der Waals surface area contributed by atoms with E-state index in [9.17, 15) is 4.79 Å². The Hall–Kier alpha value is -1.31. The molecule has 1 atom stereocenters. The van der Waals surface area contributed by atoms with Gasteiger partial charge in [-0.1, -0.05) is 43.2 Å². The van der Waals surface area contributed by atoms with Crippen LogP contribution in [0, 0.1) is 0 Å². The second kappa shape index (κ2) is 5.85. The van der Waals surface area contributed by atoms with E-state index in [1.54, 1.807) is 0 Å². The number of rotatable bonds is 2. The number of hydrogen-bond donors (Lipinski definition) is 0. The Labute approximate surface area is 104 Å². The summed E-state index contributed by atoms with van der Waals surface area (Å²) in [4.78, 5) is 14.4. The Morgan fingerprint density at radius 1 is 1.06 bits per heavy atom. The van der Waals surface area contributed by atoms with Crippen LogP contribution in [0.5, 0.6) is 0 Å². The van der Waals surface area contributed by atoms with Crippen molar-refractivity contribution >= 4 is 5.91 Å². The highest BCUT2D eigenvalue weighted by atomic mass is 16.2. The van der Waals surface area contributed by atoms with E-state index in [4.69, 9.17) is 0 Å². The highest BCUT2D eigenvalue weighted by Crippen LogP contribution is 2.20. The van der Waals surface area contributed by atoms with Gasteiger partial charge in [-0.3, -0.25) is 4.79 Å². The first-order chi connectivity index (χ1) is 8.29. The zero-order valence-electron chi connectivity index (χ0n) is 10.6. The topological polar surface area (TPSA) is 20.3 Å². The van der Waals surface area contributed by atoms with Crippen molar-refractivity contribution in [2.45, 2.75) is 38.5 Å². The van der Waals surface area contributed by atoms with Gasteiger partial charge in [-0.15, -0.1) is 0 Å². The predicted octanol–water partition coefficient (Wildman–Crippen LogP) is 3.19. The molecule has 1 amide bonds. The van der Waals surface area contributed by atoms with Crippen LogP contribution in [0.4, 0.5) is 0 Å². The average molecular weight is 231 g/mol. The molecule has 92 valence electrons. The third-order valence-electron chi connectivity index (χ3n) is 3.59. The quantitative estimate of drug-likeness (QED) is 0.765. The summed E-state index contributed by atoms with van der Waals surface area (Å²) >= 11 is 0. The molecule has 17 heavy (non-hydrogen) atoms. The molecule has 2 heteroatoms. The lowest BCUT2D eigenvalue weighted by Gasteiger charge is -2.24. The molecule has 2 rings (SSSR count). The van der Waals surface area contributed by atoms with Crippen LogP contribution in [-0.4, -0.2) is 23.9 Å². The van der Waals surface area contributed by atoms with Crippen LogP contribution >= 0.6 is 0 Å². The monoisotopic (exact) mass is 231 g/mol. The zero-order chi connectivity index (χ0) is 12.1. The highest BCUT2D eigenvalue weighted by molar-refractivity contribution is 5.83. The molecule has 1 fully saturated rings. The summed E-state index contributed by atoms with van der Waals surface area (Å²) in [6.07, 6.45) is 4.85. The van der Waals surface area contributed by atoms with Crippen molar-refractivity contribution in [1.82, 2.24) is 4.90 Å². The first-order valence-corrected chi connectivity index (χ1v) is 6.63. The molecule has 0 spiro atoms. The van der Waals surface area contributed by atoms with E-state index in [1.165, 1.54) is 12.8 Å². The fraction of sp³-hybridized carbons (Fsp3) is 0.533. The molecule has 0 N–H and O–H groups in total. The lowest BCUT2D eigenvalue weighted by atomic mass is 10.00. The van der Waals surface area contributed by atoms with Crippen LogP contribution in [0.15, 0.2) is 30.3 Å². The van der Waals surface area contributed by atoms with Gasteiger partial charge >= 0.3 is 0 Å². The molecule has 1 aromatic rings. The van der Waals surface area contributed by atoms with Gasteiger partial charge in [-0.05, 0) is 25.3 Å². The van der Waals surface area contributed by atoms with Gasteiger partial charge in [-0.25, -0.2) is 0 Å². The molecule has 1 unspecified atom stereocenters. The molecule has 1 aliphatic heterocycles. The summed E-state index contributed by atoms with van der Waals surface area (Å²) in [5.41, 5.74) is 1.13. The van der Waals surface area contributed by atoms with E-state index in [-0.39, 0.29) is 11.8 Å². The lowest BCUT2D eigenvalue weighted by molar-refractivity contribution is -0.132. The lowest BCUT2D eigenvalue weighted by Crippen LogP contribution is -2.35. The van der Waals surface area contributed by atoms with Gasteiger partial charge in [0.15, 0.2) is 0 Å². The molecule has 1 aliphatic rings. The maximum absolute atomic E-state index is 12.4. The average Bonchev–Trinajstić information content (AvgIpc) is 2.67. The van der Waals surface area contributed by atoms with Gasteiger partial charge in [-0.2, -0.15) is 0 Å². The Bertz CT molecular complexity index is 352. The maximum atomic E-state index is 12.4. The Morgan fingerprint density at radius 2 is 1.65 bits per heavy atom. The molecule has 2 nitrogen and oxygen atoms in total. The van der Waals surface area contributed by atoms with Crippen LogP contribution in [0.3, 0.4) is 0 Å². The van der Waals surface area contributed by atoms with Crippen LogP contribution < -0.4 is 0 Å². The van der Waals surface area contributed by atoms with E-state index >= 15 is 0 Å². The molecule has 0 saturated carbocycles. The van der Waals surface area contributed by atoms with E-state index < -0.39 is 0 Å². The van der Waals surface area contributed by atoms with Gasteiger partial charge in [0.05, 0.1) is 5.92 Å². The maximum Gasteiger partial charge on any atom is 0.229 e. The van der Waals surface area contributed by atoms with Crippen molar-refractivity contribution in [3.63, 3.8) is 0 Å². The second-order valence-electron chi connectivity index (χ2n) is 4.87. The summed E-state index contributed by atoms with van der Waals surface area (Å²) in [6.45, 7) is 3.90. The van der Waals surface area contributed by atoms with Crippen LogP contribution in [0.2, 0.25) is 0 Å². The minimum Gasteiger partial charge on any atom is -0.342 e. The summed E-state index contributed by atoms with van der Waals surface area (Å²) in [6, 6.07) is 10.1. The molecule has 1 aromatic carbocycles. The van der Waals surface area contributed by atoms with Gasteiger partial charge in [0, 0.05) is 13.1 Å². The van der Waals surface area contributed by atoms with E-state index in [0.717, 1.165) is 31.5 Å². The Morgan fingerprint density at radius 3 is 2.24 bits per heavy atom. The number of likely N-dealkylation sites (tertiary alicyclic amines) is 1. The largest absolute Gasteiger partial charge is 0.342 e. The fourth-order valence-corrected chi connectivity index (χ4v) is 2.45. The predicted molar refractivity (Wildman–Crippen MR) is 69.9 cm³/mol. The summed E-state index contributed by atoms with van der Waals surface area (Å²) in [5.74, 6) is 0.285. The molecule has 1 heterocycles. The summed E-state index contributed by atoms with van der Waals surface area (Å²) in [7, 11) is 0. The third kappa shape index (κ3) is 3.09. The van der Waals surface area contributed by atoms with E-state index in [2.05, 4.69) is 0 Å². The standard InChI is InChI=1S/C15H21NO/c1-13(14-9-5-4-6-10-14)15(17)16-11-7-2-3-8-12-16/h4-6,9-10,13H,2-3,7-8,11-12H2,1H3. The van der Waals surface area contributed by atoms with Crippen molar-refractivity contribution in [1.29, 1.82) is 0 Å². The fourth-order valence-electron chi connectivity index (χ4n) is 2.45. The zero-order valence-corrected chi connectivity index (χ0v) is 10.6. The molecule has 0 aromatic heterocycles.